The van der Waals surface area contributed by atoms with Crippen LogP contribution in [0.3, 0.4) is 0 Å². The van der Waals surface area contributed by atoms with E-state index < -0.39 is 0 Å². The van der Waals surface area contributed by atoms with Gasteiger partial charge in [0.05, 0.1) is 6.10 Å². The van der Waals surface area contributed by atoms with E-state index in [-0.39, 0.29) is 0 Å². The van der Waals surface area contributed by atoms with Crippen molar-refractivity contribution >= 4 is 0 Å². The minimum absolute atomic E-state index is 0.387. The van der Waals surface area contributed by atoms with E-state index in [4.69, 9.17) is 4.74 Å². The van der Waals surface area contributed by atoms with E-state index in [1.54, 1.807) is 0 Å². The number of hydrogen-bond acceptors (Lipinski definition) is 1. The predicted octanol–water partition coefficient (Wildman–Crippen LogP) is 1.64. The molecule has 0 bridgehead atoms. The second-order valence-electron chi connectivity index (χ2n) is 1.59. The van der Waals surface area contributed by atoms with Gasteiger partial charge in [0.25, 0.3) is 0 Å². The third-order valence-electron chi connectivity index (χ3n) is 0.977. The fourth-order valence-electron chi connectivity index (χ4n) is 0.319. The van der Waals surface area contributed by atoms with Gasteiger partial charge in [-0.2, -0.15) is 0 Å². The molecule has 0 aromatic heterocycles. The van der Waals surface area contributed by atoms with E-state index in [1.165, 1.54) is 0 Å². The summed E-state index contributed by atoms with van der Waals surface area (Å²) in [5.41, 5.74) is 0. The van der Waals surface area contributed by atoms with E-state index in [1.807, 2.05) is 6.92 Å². The second-order valence-corrected chi connectivity index (χ2v) is 1.59. The molecular formula is C6H13O. The average molecular weight is 101 g/mol. The molecule has 0 saturated heterocycles. The molecule has 0 aliphatic heterocycles. The van der Waals surface area contributed by atoms with Crippen molar-refractivity contribution in [3.8, 4) is 0 Å². The van der Waals surface area contributed by atoms with E-state index in [9.17, 15) is 0 Å². The summed E-state index contributed by atoms with van der Waals surface area (Å²) in [6.45, 7) is 8.29. The predicted molar refractivity (Wildman–Crippen MR) is 31.1 cm³/mol. The van der Waals surface area contributed by atoms with Crippen LogP contribution in [0.2, 0.25) is 0 Å². The van der Waals surface area contributed by atoms with Gasteiger partial charge in [0.2, 0.25) is 0 Å². The van der Waals surface area contributed by atoms with Gasteiger partial charge in [0, 0.05) is 6.61 Å². The molecule has 0 fully saturated rings. The first kappa shape index (κ1) is 6.96. The lowest BCUT2D eigenvalue weighted by Crippen LogP contribution is -2.04. The molecule has 0 aliphatic rings. The van der Waals surface area contributed by atoms with Gasteiger partial charge < -0.3 is 4.74 Å². The fourth-order valence-corrected chi connectivity index (χ4v) is 0.319. The zero-order valence-corrected chi connectivity index (χ0v) is 5.11. The lowest BCUT2D eigenvalue weighted by atomic mass is 10.3. The minimum atomic E-state index is 0.387. The molecule has 0 N–H and O–H groups in total. The Labute approximate surface area is 45.7 Å². The van der Waals surface area contributed by atoms with Crippen LogP contribution in [0.4, 0.5) is 0 Å². The lowest BCUT2D eigenvalue weighted by Gasteiger charge is -2.05. The normalized spacial score (nSPS) is 14.1. The van der Waals surface area contributed by atoms with Crippen LogP contribution in [0, 0.1) is 6.92 Å². The van der Waals surface area contributed by atoms with Crippen molar-refractivity contribution in [2.75, 3.05) is 6.61 Å². The highest BCUT2D eigenvalue weighted by Crippen LogP contribution is 1.92. The molecule has 1 unspecified atom stereocenters. The highest BCUT2D eigenvalue weighted by molar-refractivity contribution is 4.43. The van der Waals surface area contributed by atoms with Gasteiger partial charge in [-0.05, 0) is 20.3 Å². The summed E-state index contributed by atoms with van der Waals surface area (Å²) in [4.78, 5) is 0. The minimum Gasteiger partial charge on any atom is -0.379 e. The Bertz CT molecular complexity index is 35.2. The molecular weight excluding hydrogens is 88.1 g/mol. The van der Waals surface area contributed by atoms with Crippen LogP contribution in [0.15, 0.2) is 0 Å². The monoisotopic (exact) mass is 101 g/mol. The van der Waals surface area contributed by atoms with Crippen molar-refractivity contribution in [1.29, 1.82) is 0 Å². The van der Waals surface area contributed by atoms with E-state index in [0.29, 0.717) is 12.7 Å². The maximum Gasteiger partial charge on any atom is 0.0544 e. The van der Waals surface area contributed by atoms with Gasteiger partial charge in [0.1, 0.15) is 0 Å². The Hall–Kier alpha value is -0.0400. The highest BCUT2D eigenvalue weighted by Gasteiger charge is 1.91. The molecule has 1 heteroatoms. The van der Waals surface area contributed by atoms with Gasteiger partial charge in [-0.3, -0.25) is 0 Å². The Balaban J connectivity index is 2.83. The SMILES string of the molecule is [CH2]COC(C)CC. The first-order valence-electron chi connectivity index (χ1n) is 2.72. The molecule has 0 amide bonds. The third-order valence-corrected chi connectivity index (χ3v) is 0.977. The van der Waals surface area contributed by atoms with Crippen LogP contribution >= 0.6 is 0 Å². The molecule has 0 spiro atoms. The van der Waals surface area contributed by atoms with E-state index in [0.717, 1.165) is 6.42 Å². The summed E-state index contributed by atoms with van der Waals surface area (Å²) >= 11 is 0. The molecule has 1 nitrogen and oxygen atoms in total. The molecule has 7 heavy (non-hydrogen) atoms. The summed E-state index contributed by atoms with van der Waals surface area (Å²) in [6, 6.07) is 0. The van der Waals surface area contributed by atoms with Crippen LogP contribution in [0.5, 0.6) is 0 Å². The third kappa shape index (κ3) is 3.80. The molecule has 1 atom stereocenters. The molecule has 0 heterocycles. The standard InChI is InChI=1S/C6H13O/c1-4-6(3)7-5-2/h6H,2,4-5H2,1,3H3. The van der Waals surface area contributed by atoms with E-state index in [2.05, 4.69) is 13.8 Å². The summed E-state index contributed by atoms with van der Waals surface area (Å²) in [7, 11) is 0. The van der Waals surface area contributed by atoms with Gasteiger partial charge in [-0.25, -0.2) is 0 Å². The molecule has 0 rings (SSSR count). The molecule has 1 radical (unpaired) electrons. The first-order valence-corrected chi connectivity index (χ1v) is 2.72. The smallest absolute Gasteiger partial charge is 0.0544 e. The Kier molecular flexibility index (Phi) is 4.10. The first-order chi connectivity index (χ1) is 3.31. The van der Waals surface area contributed by atoms with Crippen molar-refractivity contribution in [1.82, 2.24) is 0 Å². The Morgan fingerprint density at radius 3 is 2.43 bits per heavy atom. The zero-order valence-electron chi connectivity index (χ0n) is 5.11. The van der Waals surface area contributed by atoms with Crippen molar-refractivity contribution < 1.29 is 4.74 Å². The van der Waals surface area contributed by atoms with E-state index >= 15 is 0 Å². The largest absolute Gasteiger partial charge is 0.379 e. The Morgan fingerprint density at radius 2 is 2.29 bits per heavy atom. The van der Waals surface area contributed by atoms with Crippen LogP contribution < -0.4 is 0 Å². The summed E-state index contributed by atoms with van der Waals surface area (Å²) < 4.78 is 5.08. The van der Waals surface area contributed by atoms with Gasteiger partial charge >= 0.3 is 0 Å². The van der Waals surface area contributed by atoms with Crippen LogP contribution in [-0.2, 0) is 4.74 Å². The maximum atomic E-state index is 5.08. The molecule has 43 valence electrons. The van der Waals surface area contributed by atoms with Gasteiger partial charge in [-0.1, -0.05) is 6.92 Å². The van der Waals surface area contributed by atoms with Gasteiger partial charge in [-0.15, -0.1) is 0 Å². The molecule has 0 aromatic carbocycles. The number of ether oxygens (including phenoxy) is 1. The van der Waals surface area contributed by atoms with Crippen molar-refractivity contribution in [3.63, 3.8) is 0 Å². The summed E-state index contributed by atoms with van der Waals surface area (Å²) in [6.07, 6.45) is 1.47. The van der Waals surface area contributed by atoms with Crippen molar-refractivity contribution in [3.05, 3.63) is 6.92 Å². The molecule has 0 aliphatic carbocycles. The quantitative estimate of drug-likeness (QED) is 0.525. The zero-order chi connectivity index (χ0) is 5.70. The van der Waals surface area contributed by atoms with Crippen LogP contribution in [-0.4, -0.2) is 12.7 Å². The second kappa shape index (κ2) is 4.13. The summed E-state index contributed by atoms with van der Waals surface area (Å²) in [5, 5.41) is 0. The average Bonchev–Trinajstić information content (AvgIpc) is 1.68. The van der Waals surface area contributed by atoms with Crippen LogP contribution in [0.1, 0.15) is 20.3 Å². The van der Waals surface area contributed by atoms with Gasteiger partial charge in [0.15, 0.2) is 0 Å². The van der Waals surface area contributed by atoms with Crippen LogP contribution in [0.25, 0.3) is 0 Å². The molecule has 0 saturated carbocycles. The van der Waals surface area contributed by atoms with Crippen molar-refractivity contribution in [2.45, 2.75) is 26.4 Å². The molecule has 0 aromatic rings. The number of rotatable bonds is 3. The Morgan fingerprint density at radius 1 is 1.71 bits per heavy atom. The topological polar surface area (TPSA) is 9.23 Å². The maximum absolute atomic E-state index is 5.08. The van der Waals surface area contributed by atoms with Crippen molar-refractivity contribution in [2.24, 2.45) is 0 Å². The number of hydrogen-bond donors (Lipinski definition) is 0. The summed E-state index contributed by atoms with van der Waals surface area (Å²) in [5.74, 6) is 0. The fraction of sp³-hybridized carbons (Fsp3) is 0.833. The lowest BCUT2D eigenvalue weighted by molar-refractivity contribution is 0.0846. The highest BCUT2D eigenvalue weighted by atomic mass is 16.5.